The van der Waals surface area contributed by atoms with E-state index in [1.165, 1.54) is 0 Å². The molecule has 6 nitrogen and oxygen atoms in total. The zero-order chi connectivity index (χ0) is 14.2. The van der Waals surface area contributed by atoms with Gasteiger partial charge in [-0.1, -0.05) is 17.3 Å². The van der Waals surface area contributed by atoms with Gasteiger partial charge in [-0.25, -0.2) is 4.98 Å². The van der Waals surface area contributed by atoms with E-state index >= 15 is 0 Å². The standard InChI is InChI=1S/C15H14N4O2/c20-15(19-6-5-11-10(8-19)9-21-18-11)7-14-16-12-3-1-2-4-13(12)17-14/h1-4,9H,5-8H2,(H,16,17). The van der Waals surface area contributed by atoms with Crippen LogP contribution in [0, 0.1) is 0 Å². The van der Waals surface area contributed by atoms with Crippen LogP contribution in [0.1, 0.15) is 17.1 Å². The smallest absolute Gasteiger partial charge is 0.230 e. The second-order valence-electron chi connectivity index (χ2n) is 5.23. The van der Waals surface area contributed by atoms with Gasteiger partial charge in [0.2, 0.25) is 5.91 Å². The number of carbonyl (C=O) groups is 1. The second-order valence-corrected chi connectivity index (χ2v) is 5.23. The maximum absolute atomic E-state index is 12.4. The summed E-state index contributed by atoms with van der Waals surface area (Å²) in [6.07, 6.45) is 2.66. The Labute approximate surface area is 120 Å². The van der Waals surface area contributed by atoms with E-state index in [0.29, 0.717) is 18.9 Å². The van der Waals surface area contributed by atoms with Crippen molar-refractivity contribution in [2.75, 3.05) is 6.54 Å². The van der Waals surface area contributed by atoms with Crippen molar-refractivity contribution in [2.45, 2.75) is 19.4 Å². The topological polar surface area (TPSA) is 75.0 Å². The molecule has 1 aromatic carbocycles. The number of rotatable bonds is 2. The Morgan fingerprint density at radius 2 is 2.29 bits per heavy atom. The summed E-state index contributed by atoms with van der Waals surface area (Å²) in [4.78, 5) is 21.9. The van der Waals surface area contributed by atoms with Crippen LogP contribution in [-0.4, -0.2) is 32.5 Å². The largest absolute Gasteiger partial charge is 0.364 e. The fourth-order valence-electron chi connectivity index (χ4n) is 2.70. The van der Waals surface area contributed by atoms with Gasteiger partial charge in [-0.3, -0.25) is 4.79 Å². The van der Waals surface area contributed by atoms with Gasteiger partial charge >= 0.3 is 0 Å². The highest BCUT2D eigenvalue weighted by molar-refractivity contribution is 5.80. The lowest BCUT2D eigenvalue weighted by Gasteiger charge is -2.25. The number of imidazole rings is 1. The molecule has 0 saturated heterocycles. The van der Waals surface area contributed by atoms with Crippen molar-refractivity contribution in [3.8, 4) is 0 Å². The van der Waals surface area contributed by atoms with E-state index in [1.807, 2.05) is 29.2 Å². The minimum atomic E-state index is 0.0703. The summed E-state index contributed by atoms with van der Waals surface area (Å²) in [6.45, 7) is 1.25. The second kappa shape index (κ2) is 4.73. The molecule has 0 fully saturated rings. The van der Waals surface area contributed by atoms with Crippen LogP contribution in [0.5, 0.6) is 0 Å². The van der Waals surface area contributed by atoms with Gasteiger partial charge in [0, 0.05) is 18.5 Å². The molecule has 0 bridgehead atoms. The summed E-state index contributed by atoms with van der Waals surface area (Å²) in [5.74, 6) is 0.776. The Balaban J connectivity index is 1.51. The molecule has 0 atom stereocenters. The van der Waals surface area contributed by atoms with Gasteiger partial charge in [0.25, 0.3) is 0 Å². The first-order valence-electron chi connectivity index (χ1n) is 6.93. The predicted octanol–water partition coefficient (Wildman–Crippen LogP) is 1.68. The number of carbonyl (C=O) groups excluding carboxylic acids is 1. The van der Waals surface area contributed by atoms with E-state index < -0.39 is 0 Å². The highest BCUT2D eigenvalue weighted by Gasteiger charge is 2.23. The van der Waals surface area contributed by atoms with Crippen LogP contribution in [0.3, 0.4) is 0 Å². The monoisotopic (exact) mass is 282 g/mol. The lowest BCUT2D eigenvalue weighted by atomic mass is 10.1. The summed E-state index contributed by atoms with van der Waals surface area (Å²) >= 11 is 0. The van der Waals surface area contributed by atoms with Crippen molar-refractivity contribution in [1.29, 1.82) is 0 Å². The third kappa shape index (κ3) is 2.18. The van der Waals surface area contributed by atoms with E-state index in [4.69, 9.17) is 4.52 Å². The minimum absolute atomic E-state index is 0.0703. The summed E-state index contributed by atoms with van der Waals surface area (Å²) in [5.41, 5.74) is 3.81. The predicted molar refractivity (Wildman–Crippen MR) is 75.4 cm³/mol. The molecule has 2 aromatic heterocycles. The summed E-state index contributed by atoms with van der Waals surface area (Å²) in [5, 5.41) is 3.93. The molecule has 0 aliphatic carbocycles. The van der Waals surface area contributed by atoms with Crippen LogP contribution in [0.15, 0.2) is 35.1 Å². The molecular weight excluding hydrogens is 268 g/mol. The third-order valence-electron chi connectivity index (χ3n) is 3.82. The van der Waals surface area contributed by atoms with E-state index in [9.17, 15) is 4.79 Å². The first-order valence-corrected chi connectivity index (χ1v) is 6.93. The van der Waals surface area contributed by atoms with Crippen molar-refractivity contribution in [1.82, 2.24) is 20.0 Å². The number of H-pyrrole nitrogens is 1. The van der Waals surface area contributed by atoms with Crippen LogP contribution in [-0.2, 0) is 24.2 Å². The minimum Gasteiger partial charge on any atom is -0.364 e. The van der Waals surface area contributed by atoms with Gasteiger partial charge in [0.15, 0.2) is 0 Å². The molecule has 21 heavy (non-hydrogen) atoms. The average Bonchev–Trinajstić information content (AvgIpc) is 3.11. The highest BCUT2D eigenvalue weighted by Crippen LogP contribution is 2.18. The first-order chi connectivity index (χ1) is 10.3. The molecule has 0 spiro atoms. The number of aromatic amines is 1. The molecule has 0 unspecified atom stereocenters. The number of aromatic nitrogens is 3. The number of amides is 1. The van der Waals surface area contributed by atoms with Crippen molar-refractivity contribution in [2.24, 2.45) is 0 Å². The van der Waals surface area contributed by atoms with Crippen LogP contribution in [0.25, 0.3) is 11.0 Å². The highest BCUT2D eigenvalue weighted by atomic mass is 16.5. The van der Waals surface area contributed by atoms with Gasteiger partial charge in [-0.2, -0.15) is 0 Å². The summed E-state index contributed by atoms with van der Waals surface area (Å²) in [7, 11) is 0. The molecule has 0 saturated carbocycles. The lowest BCUT2D eigenvalue weighted by molar-refractivity contribution is -0.131. The number of benzene rings is 1. The fraction of sp³-hybridized carbons (Fsp3) is 0.267. The van der Waals surface area contributed by atoms with Crippen molar-refractivity contribution in [3.05, 3.63) is 47.6 Å². The molecule has 1 amide bonds. The normalized spacial score (nSPS) is 14.4. The summed E-state index contributed by atoms with van der Waals surface area (Å²) < 4.78 is 4.95. The fourth-order valence-corrected chi connectivity index (χ4v) is 2.70. The van der Waals surface area contributed by atoms with Gasteiger partial charge in [-0.05, 0) is 12.1 Å². The zero-order valence-corrected chi connectivity index (χ0v) is 11.4. The number of para-hydroxylation sites is 2. The van der Waals surface area contributed by atoms with Gasteiger partial charge < -0.3 is 14.4 Å². The van der Waals surface area contributed by atoms with Gasteiger partial charge in [0.1, 0.15) is 12.1 Å². The van der Waals surface area contributed by atoms with Crippen LogP contribution < -0.4 is 0 Å². The molecule has 1 aliphatic heterocycles. The molecule has 0 radical (unpaired) electrons. The van der Waals surface area contributed by atoms with Gasteiger partial charge in [-0.15, -0.1) is 0 Å². The Kier molecular flexibility index (Phi) is 2.73. The molecule has 3 heterocycles. The molecule has 1 N–H and O–H groups in total. The Bertz CT molecular complexity index is 772. The maximum Gasteiger partial charge on any atom is 0.230 e. The van der Waals surface area contributed by atoms with E-state index in [-0.39, 0.29) is 12.3 Å². The maximum atomic E-state index is 12.4. The molecule has 4 rings (SSSR count). The quantitative estimate of drug-likeness (QED) is 0.776. The molecule has 3 aromatic rings. The number of nitrogens with zero attached hydrogens (tertiary/aromatic N) is 3. The van der Waals surface area contributed by atoms with Crippen molar-refractivity contribution in [3.63, 3.8) is 0 Å². The lowest BCUT2D eigenvalue weighted by Crippen LogP contribution is -2.36. The van der Waals surface area contributed by atoms with Crippen molar-refractivity contribution >= 4 is 16.9 Å². The number of hydrogen-bond donors (Lipinski definition) is 1. The van der Waals surface area contributed by atoms with E-state index in [1.54, 1.807) is 6.26 Å². The molecular formula is C15H14N4O2. The van der Waals surface area contributed by atoms with E-state index in [2.05, 4.69) is 15.1 Å². The molecule has 106 valence electrons. The first kappa shape index (κ1) is 12.1. The third-order valence-corrected chi connectivity index (χ3v) is 3.82. The van der Waals surface area contributed by atoms with Crippen LogP contribution in [0.4, 0.5) is 0 Å². The number of nitrogens with one attached hydrogen (secondary N) is 1. The zero-order valence-electron chi connectivity index (χ0n) is 11.4. The number of fused-ring (bicyclic) bond motifs is 2. The van der Waals surface area contributed by atoms with Gasteiger partial charge in [0.05, 0.1) is 29.7 Å². The Morgan fingerprint density at radius 1 is 1.38 bits per heavy atom. The number of hydrogen-bond acceptors (Lipinski definition) is 4. The average molecular weight is 282 g/mol. The summed E-state index contributed by atoms with van der Waals surface area (Å²) in [6, 6.07) is 7.78. The Morgan fingerprint density at radius 3 is 3.19 bits per heavy atom. The molecule has 1 aliphatic rings. The van der Waals surface area contributed by atoms with Crippen LogP contribution >= 0.6 is 0 Å². The Hall–Kier alpha value is -2.63. The van der Waals surface area contributed by atoms with Crippen LogP contribution in [0.2, 0.25) is 0 Å². The molecule has 6 heteroatoms. The SMILES string of the molecule is O=C(Cc1nc2ccccc2[nH]1)N1CCc2nocc2C1. The van der Waals surface area contributed by atoms with Crippen molar-refractivity contribution < 1.29 is 9.32 Å². The van der Waals surface area contributed by atoms with E-state index in [0.717, 1.165) is 28.7 Å².